The molecule has 0 N–H and O–H groups in total. The minimum absolute atomic E-state index is 0.0443. The van der Waals surface area contributed by atoms with Crippen molar-refractivity contribution in [2.24, 2.45) is 0 Å². The van der Waals surface area contributed by atoms with Gasteiger partial charge in [0.1, 0.15) is 13.1 Å². The second-order valence-corrected chi connectivity index (χ2v) is 6.81. The number of hydrogen-bond donors (Lipinski definition) is 0. The summed E-state index contributed by atoms with van der Waals surface area (Å²) in [6, 6.07) is 5.93. The van der Waals surface area contributed by atoms with Crippen LogP contribution in [-0.2, 0) is 45.0 Å². The maximum atomic E-state index is 13.2. The van der Waals surface area contributed by atoms with Crippen LogP contribution in [-0.4, -0.2) is 39.4 Å². The third-order valence-electron chi connectivity index (χ3n) is 4.63. The number of carbonyl (C=O) groups excluding carboxylic acids is 2. The highest BCUT2D eigenvalue weighted by Crippen LogP contribution is 2.18. The Morgan fingerprint density at radius 2 is 1.52 bits per heavy atom. The molecule has 31 heavy (non-hydrogen) atoms. The van der Waals surface area contributed by atoms with Crippen LogP contribution in [0.15, 0.2) is 29.1 Å². The molecular weight excluding hydrogens is 406 g/mol. The van der Waals surface area contributed by atoms with E-state index in [1.54, 1.807) is 26.0 Å². The summed E-state index contributed by atoms with van der Waals surface area (Å²) in [5, 5.41) is 10.9. The Hall–Kier alpha value is -3.43. The number of hydrogen-bond acceptors (Lipinski definition) is 7. The molecule has 1 heterocycles. The molecule has 2 rings (SSSR count). The Bertz CT molecular complexity index is 990. The van der Waals surface area contributed by atoms with Crippen molar-refractivity contribution in [2.75, 3.05) is 13.2 Å². The summed E-state index contributed by atoms with van der Waals surface area (Å²) in [6.45, 7) is 5.12. The Balaban J connectivity index is 2.52. The van der Waals surface area contributed by atoms with Gasteiger partial charge in [-0.1, -0.05) is 25.5 Å². The fourth-order valence-corrected chi connectivity index (χ4v) is 3.32. The number of benzene rings is 1. The van der Waals surface area contributed by atoms with Gasteiger partial charge in [0.25, 0.3) is 11.2 Å². The predicted molar refractivity (Wildman–Crippen MR) is 112 cm³/mol. The molecule has 0 atom stereocenters. The van der Waals surface area contributed by atoms with Gasteiger partial charge in [0.2, 0.25) is 0 Å². The second-order valence-electron chi connectivity index (χ2n) is 6.81. The summed E-state index contributed by atoms with van der Waals surface area (Å²) < 4.78 is 12.7. The van der Waals surface area contributed by atoms with Gasteiger partial charge in [0.15, 0.2) is 0 Å². The Kier molecular flexibility index (Phi) is 8.53. The number of esters is 2. The Morgan fingerprint density at radius 3 is 2.00 bits per heavy atom. The van der Waals surface area contributed by atoms with Crippen LogP contribution in [0.1, 0.15) is 44.0 Å². The number of nitrogens with zero attached hydrogens (tertiary/aromatic N) is 3. The fourth-order valence-electron chi connectivity index (χ4n) is 3.32. The summed E-state index contributed by atoms with van der Waals surface area (Å²) in [4.78, 5) is 47.9. The van der Waals surface area contributed by atoms with E-state index in [4.69, 9.17) is 9.47 Å². The highest BCUT2D eigenvalue weighted by Gasteiger charge is 2.23. The molecule has 0 saturated heterocycles. The second kappa shape index (κ2) is 11.1. The van der Waals surface area contributed by atoms with Gasteiger partial charge in [-0.15, -0.1) is 0 Å². The zero-order chi connectivity index (χ0) is 23.0. The van der Waals surface area contributed by atoms with Crippen molar-refractivity contribution in [3.63, 3.8) is 0 Å². The third kappa shape index (κ3) is 6.03. The fraction of sp³-hybridized carbons (Fsp3) is 0.476. The molecular formula is C21H27N3O7. The van der Waals surface area contributed by atoms with Crippen molar-refractivity contribution >= 4 is 17.6 Å². The first kappa shape index (κ1) is 23.8. The van der Waals surface area contributed by atoms with E-state index < -0.39 is 22.4 Å². The number of carbonyl (C=O) groups is 2. The number of non-ortho nitro benzene ring substituents is 1. The Labute approximate surface area is 179 Å². The van der Waals surface area contributed by atoms with Crippen molar-refractivity contribution < 1.29 is 24.0 Å². The number of ether oxygens (including phenoxy) is 2. The average Bonchev–Trinajstić information content (AvgIpc) is 2.94. The van der Waals surface area contributed by atoms with E-state index in [1.165, 1.54) is 21.5 Å². The largest absolute Gasteiger partial charge is 0.465 e. The van der Waals surface area contributed by atoms with Gasteiger partial charge in [-0.2, -0.15) is 0 Å². The van der Waals surface area contributed by atoms with E-state index in [2.05, 4.69) is 0 Å². The monoisotopic (exact) mass is 433 g/mol. The summed E-state index contributed by atoms with van der Waals surface area (Å²) in [5.41, 5.74) is 1.32. The van der Waals surface area contributed by atoms with Crippen LogP contribution >= 0.6 is 0 Å². The molecule has 1 aromatic heterocycles. The predicted octanol–water partition coefficient (Wildman–Crippen LogP) is 2.23. The smallest absolute Gasteiger partial charge is 0.327 e. The van der Waals surface area contributed by atoms with Crippen molar-refractivity contribution in [3.8, 4) is 0 Å². The van der Waals surface area contributed by atoms with E-state index in [1.807, 2.05) is 6.92 Å². The molecule has 0 unspecified atom stereocenters. The van der Waals surface area contributed by atoms with Gasteiger partial charge in [-0.3, -0.25) is 29.2 Å². The lowest BCUT2D eigenvalue weighted by molar-refractivity contribution is -0.384. The summed E-state index contributed by atoms with van der Waals surface area (Å²) >= 11 is 0. The van der Waals surface area contributed by atoms with E-state index in [0.717, 1.165) is 0 Å². The van der Waals surface area contributed by atoms with Crippen LogP contribution in [0.3, 0.4) is 0 Å². The zero-order valence-corrected chi connectivity index (χ0v) is 18.0. The molecule has 0 bridgehead atoms. The molecule has 0 aliphatic carbocycles. The first-order valence-corrected chi connectivity index (χ1v) is 10.2. The van der Waals surface area contributed by atoms with E-state index >= 15 is 0 Å². The maximum Gasteiger partial charge on any atom is 0.327 e. The van der Waals surface area contributed by atoms with Gasteiger partial charge in [0.05, 0.1) is 18.1 Å². The highest BCUT2D eigenvalue weighted by molar-refractivity contribution is 5.70. The normalized spacial score (nSPS) is 10.7. The number of nitro benzene ring substituents is 1. The van der Waals surface area contributed by atoms with Gasteiger partial charge < -0.3 is 9.47 Å². The molecule has 0 spiro atoms. The molecule has 0 radical (unpaired) electrons. The molecule has 10 heteroatoms. The summed E-state index contributed by atoms with van der Waals surface area (Å²) in [7, 11) is 0. The Morgan fingerprint density at radius 1 is 0.968 bits per heavy atom. The van der Waals surface area contributed by atoms with Crippen LogP contribution in [0, 0.1) is 10.1 Å². The van der Waals surface area contributed by atoms with Crippen molar-refractivity contribution in [1.82, 2.24) is 9.36 Å². The summed E-state index contributed by atoms with van der Waals surface area (Å²) in [5.74, 6) is -1.11. The van der Waals surface area contributed by atoms with E-state index in [9.17, 15) is 24.5 Å². The minimum Gasteiger partial charge on any atom is -0.465 e. The van der Waals surface area contributed by atoms with Crippen molar-refractivity contribution in [3.05, 3.63) is 61.6 Å². The molecule has 0 saturated carbocycles. The summed E-state index contributed by atoms with van der Waals surface area (Å²) in [6.07, 6.45) is 1.43. The van der Waals surface area contributed by atoms with Crippen LogP contribution in [0.2, 0.25) is 0 Å². The highest BCUT2D eigenvalue weighted by atomic mass is 16.6. The molecule has 0 aliphatic rings. The lowest BCUT2D eigenvalue weighted by Gasteiger charge is -2.14. The molecule has 1 aromatic carbocycles. The van der Waals surface area contributed by atoms with Crippen LogP contribution in [0.4, 0.5) is 5.69 Å². The number of nitro groups is 1. The SMILES string of the molecule is CCCc1c(Cc2ccc([N+](=O)[O-])cc2)c(=O)n(CC(=O)OCC)n1CC(=O)OCC. The van der Waals surface area contributed by atoms with Gasteiger partial charge >= 0.3 is 11.9 Å². The quantitative estimate of drug-likeness (QED) is 0.302. The molecule has 168 valence electrons. The van der Waals surface area contributed by atoms with E-state index in [0.29, 0.717) is 29.7 Å². The molecule has 0 amide bonds. The molecule has 0 aliphatic heterocycles. The lowest BCUT2D eigenvalue weighted by Crippen LogP contribution is -2.31. The van der Waals surface area contributed by atoms with E-state index in [-0.39, 0.29) is 38.4 Å². The standard InChI is InChI=1S/C21H27N3O7/c1-4-7-18-17(12-15-8-10-16(11-9-15)24(28)29)21(27)23(14-20(26)31-6-3)22(18)13-19(25)30-5-2/h8-11H,4-7,12-14H2,1-3H3. The van der Waals surface area contributed by atoms with Gasteiger partial charge in [-0.05, 0) is 25.8 Å². The number of aromatic nitrogens is 2. The first-order chi connectivity index (χ1) is 14.8. The van der Waals surface area contributed by atoms with Crippen molar-refractivity contribution in [1.29, 1.82) is 0 Å². The maximum absolute atomic E-state index is 13.2. The number of rotatable bonds is 11. The molecule has 2 aromatic rings. The lowest BCUT2D eigenvalue weighted by atomic mass is 10.0. The van der Waals surface area contributed by atoms with Crippen molar-refractivity contribution in [2.45, 2.75) is 53.1 Å². The minimum atomic E-state index is -0.586. The molecule has 0 fully saturated rings. The molecule has 10 nitrogen and oxygen atoms in total. The topological polar surface area (TPSA) is 123 Å². The van der Waals surface area contributed by atoms with Gasteiger partial charge in [0, 0.05) is 29.8 Å². The average molecular weight is 433 g/mol. The van der Waals surface area contributed by atoms with Crippen LogP contribution in [0.5, 0.6) is 0 Å². The van der Waals surface area contributed by atoms with Gasteiger partial charge in [-0.25, -0.2) is 4.68 Å². The van der Waals surface area contributed by atoms with Crippen LogP contribution in [0.25, 0.3) is 0 Å². The first-order valence-electron chi connectivity index (χ1n) is 10.2. The zero-order valence-electron chi connectivity index (χ0n) is 18.0. The third-order valence-corrected chi connectivity index (χ3v) is 4.63. The van der Waals surface area contributed by atoms with Crippen LogP contribution < -0.4 is 5.56 Å².